The first kappa shape index (κ1) is 26.0. The van der Waals surface area contributed by atoms with Crippen molar-refractivity contribution >= 4 is 16.0 Å². The van der Waals surface area contributed by atoms with Gasteiger partial charge in [0.1, 0.15) is 5.75 Å². The van der Waals surface area contributed by atoms with E-state index in [0.29, 0.717) is 18.2 Å². The minimum atomic E-state index is -3.59. The first-order valence-electron chi connectivity index (χ1n) is 12.6. The molecule has 0 saturated carbocycles. The van der Waals surface area contributed by atoms with Crippen molar-refractivity contribution in [2.24, 2.45) is 0 Å². The van der Waals surface area contributed by atoms with Crippen molar-refractivity contribution in [1.29, 1.82) is 0 Å². The first-order chi connectivity index (χ1) is 15.8. The maximum absolute atomic E-state index is 12.2. The molecule has 0 bridgehead atoms. The SMILES string of the molecule is CCCN(CCCCN1CCNCCC1=O)C1CCc2ccc(OS(=O)(=O)C(C)C)cc2C1. The number of nitrogens with one attached hydrogen (secondary N) is 1. The Balaban J connectivity index is 1.56. The predicted molar refractivity (Wildman–Crippen MR) is 132 cm³/mol. The molecule has 1 heterocycles. The molecule has 1 N–H and O–H groups in total. The maximum atomic E-state index is 12.2. The smallest absolute Gasteiger partial charge is 0.311 e. The fourth-order valence-electron chi connectivity index (χ4n) is 4.74. The lowest BCUT2D eigenvalue weighted by atomic mass is 9.87. The highest BCUT2D eigenvalue weighted by molar-refractivity contribution is 7.87. The van der Waals surface area contributed by atoms with Gasteiger partial charge in [0, 0.05) is 38.6 Å². The summed E-state index contributed by atoms with van der Waals surface area (Å²) < 4.78 is 29.7. The molecule has 0 aromatic heterocycles. The fraction of sp³-hybridized carbons (Fsp3) is 0.720. The molecule has 1 aliphatic heterocycles. The normalized spacial score (nSPS) is 19.6. The van der Waals surface area contributed by atoms with E-state index >= 15 is 0 Å². The Morgan fingerprint density at radius 2 is 1.97 bits per heavy atom. The predicted octanol–water partition coefficient (Wildman–Crippen LogP) is 2.98. The highest BCUT2D eigenvalue weighted by Crippen LogP contribution is 2.29. The summed E-state index contributed by atoms with van der Waals surface area (Å²) in [6, 6.07) is 6.18. The van der Waals surface area contributed by atoms with E-state index in [2.05, 4.69) is 17.1 Å². The van der Waals surface area contributed by atoms with Crippen LogP contribution in [0.15, 0.2) is 18.2 Å². The van der Waals surface area contributed by atoms with Gasteiger partial charge in [-0.25, -0.2) is 0 Å². The van der Waals surface area contributed by atoms with Crippen LogP contribution in [-0.2, 0) is 27.8 Å². The summed E-state index contributed by atoms with van der Waals surface area (Å²) in [4.78, 5) is 16.8. The van der Waals surface area contributed by atoms with Crippen molar-refractivity contribution in [2.75, 3.05) is 39.3 Å². The third-order valence-corrected chi connectivity index (χ3v) is 8.33. The highest BCUT2D eigenvalue weighted by Gasteiger charge is 2.25. The number of carbonyl (C=O) groups excluding carboxylic acids is 1. The number of nitrogens with zero attached hydrogens (tertiary/aromatic N) is 2. The van der Waals surface area contributed by atoms with Gasteiger partial charge >= 0.3 is 10.1 Å². The Kier molecular flexibility index (Phi) is 9.58. The van der Waals surface area contributed by atoms with Crippen molar-refractivity contribution in [2.45, 2.75) is 77.0 Å². The lowest BCUT2D eigenvalue weighted by Gasteiger charge is -2.35. The zero-order valence-electron chi connectivity index (χ0n) is 20.5. The molecule has 7 nitrogen and oxygen atoms in total. The molecule has 1 saturated heterocycles. The second-order valence-electron chi connectivity index (χ2n) is 9.58. The van der Waals surface area contributed by atoms with E-state index < -0.39 is 15.4 Å². The quantitative estimate of drug-likeness (QED) is 0.388. The summed E-state index contributed by atoms with van der Waals surface area (Å²) in [5.41, 5.74) is 2.50. The Morgan fingerprint density at radius 3 is 2.73 bits per heavy atom. The van der Waals surface area contributed by atoms with Crippen molar-refractivity contribution in [3.8, 4) is 5.75 Å². The van der Waals surface area contributed by atoms with Gasteiger partial charge in [-0.1, -0.05) is 13.0 Å². The molecule has 1 unspecified atom stereocenters. The molecule has 1 aromatic rings. The van der Waals surface area contributed by atoms with Gasteiger partial charge in [0.15, 0.2) is 0 Å². The molecular weight excluding hydrogens is 438 g/mol. The maximum Gasteiger partial charge on any atom is 0.311 e. The Morgan fingerprint density at radius 1 is 1.15 bits per heavy atom. The number of amides is 1. The highest BCUT2D eigenvalue weighted by atomic mass is 32.2. The molecule has 0 spiro atoms. The van der Waals surface area contributed by atoms with Crippen molar-refractivity contribution in [3.05, 3.63) is 29.3 Å². The van der Waals surface area contributed by atoms with Crippen LogP contribution in [0.3, 0.4) is 0 Å². The van der Waals surface area contributed by atoms with E-state index in [0.717, 1.165) is 77.8 Å². The lowest BCUT2D eigenvalue weighted by molar-refractivity contribution is -0.130. The summed E-state index contributed by atoms with van der Waals surface area (Å²) in [5.74, 6) is 0.688. The molecule has 1 aliphatic carbocycles. The van der Waals surface area contributed by atoms with E-state index in [4.69, 9.17) is 4.18 Å². The number of hydrogen-bond donors (Lipinski definition) is 1. The van der Waals surface area contributed by atoms with Crippen LogP contribution in [0.25, 0.3) is 0 Å². The standard InChI is InChI=1S/C25H41N3O4S/c1-4-14-27(15-5-6-16-28-17-13-26-12-11-25(28)29)23-9-7-21-8-10-24(19-22(21)18-23)32-33(30,31)20(2)3/h8,10,19-20,23,26H,4-7,9,11-18H2,1-3H3. The number of hydrogen-bond acceptors (Lipinski definition) is 6. The lowest BCUT2D eigenvalue weighted by Crippen LogP contribution is -2.41. The summed E-state index contributed by atoms with van der Waals surface area (Å²) in [5, 5.41) is 2.73. The zero-order chi connectivity index (χ0) is 23.8. The van der Waals surface area contributed by atoms with E-state index in [-0.39, 0.29) is 5.91 Å². The van der Waals surface area contributed by atoms with Crippen LogP contribution in [0, 0.1) is 0 Å². The molecule has 8 heteroatoms. The van der Waals surface area contributed by atoms with Crippen LogP contribution in [0.2, 0.25) is 0 Å². The van der Waals surface area contributed by atoms with Gasteiger partial charge in [0.2, 0.25) is 5.91 Å². The average molecular weight is 480 g/mol. The van der Waals surface area contributed by atoms with E-state index in [1.54, 1.807) is 19.9 Å². The Labute approximate surface area is 200 Å². The largest absolute Gasteiger partial charge is 0.382 e. The number of aryl methyl sites for hydroxylation is 1. The molecule has 3 rings (SSSR count). The van der Waals surface area contributed by atoms with Crippen LogP contribution in [0.4, 0.5) is 0 Å². The minimum Gasteiger partial charge on any atom is -0.382 e. The van der Waals surface area contributed by atoms with E-state index in [9.17, 15) is 13.2 Å². The van der Waals surface area contributed by atoms with Crippen molar-refractivity contribution < 1.29 is 17.4 Å². The Bertz CT molecular complexity index is 888. The van der Waals surface area contributed by atoms with E-state index in [1.165, 1.54) is 11.1 Å². The van der Waals surface area contributed by atoms with Crippen LogP contribution < -0.4 is 9.50 Å². The molecule has 1 amide bonds. The molecular formula is C25H41N3O4S. The number of unbranched alkanes of at least 4 members (excludes halogenated alkanes) is 1. The zero-order valence-corrected chi connectivity index (χ0v) is 21.3. The summed E-state index contributed by atoms with van der Waals surface area (Å²) in [6.45, 7) is 10.9. The molecule has 1 atom stereocenters. The van der Waals surface area contributed by atoms with Gasteiger partial charge in [-0.15, -0.1) is 0 Å². The number of rotatable bonds is 11. The second kappa shape index (κ2) is 12.2. The van der Waals surface area contributed by atoms with Crippen LogP contribution in [0.5, 0.6) is 5.75 Å². The average Bonchev–Trinajstić information content (AvgIpc) is 2.99. The summed E-state index contributed by atoms with van der Waals surface area (Å²) in [7, 11) is -3.59. The van der Waals surface area contributed by atoms with Gasteiger partial charge in [-0.05, 0) is 88.7 Å². The van der Waals surface area contributed by atoms with Crippen LogP contribution in [0.1, 0.15) is 64.0 Å². The fourth-order valence-corrected chi connectivity index (χ4v) is 5.31. The molecule has 1 aromatic carbocycles. The van der Waals surface area contributed by atoms with Crippen LogP contribution >= 0.6 is 0 Å². The monoisotopic (exact) mass is 479 g/mol. The third-order valence-electron chi connectivity index (χ3n) is 6.75. The second-order valence-corrected chi connectivity index (χ2v) is 11.7. The number of carbonyl (C=O) groups is 1. The molecule has 186 valence electrons. The van der Waals surface area contributed by atoms with E-state index in [1.807, 2.05) is 17.0 Å². The van der Waals surface area contributed by atoms with Crippen LogP contribution in [-0.4, -0.2) is 74.7 Å². The topological polar surface area (TPSA) is 79.0 Å². The molecule has 2 aliphatic rings. The minimum absolute atomic E-state index is 0.270. The third kappa shape index (κ3) is 7.42. The first-order valence-corrected chi connectivity index (χ1v) is 14.0. The summed E-state index contributed by atoms with van der Waals surface area (Å²) >= 11 is 0. The van der Waals surface area contributed by atoms with Gasteiger partial charge < -0.3 is 19.3 Å². The molecule has 1 fully saturated rings. The number of benzene rings is 1. The van der Waals surface area contributed by atoms with Crippen molar-refractivity contribution in [1.82, 2.24) is 15.1 Å². The van der Waals surface area contributed by atoms with Gasteiger partial charge in [0.05, 0.1) is 5.25 Å². The van der Waals surface area contributed by atoms with Crippen molar-refractivity contribution in [3.63, 3.8) is 0 Å². The van der Waals surface area contributed by atoms with Gasteiger partial charge in [0.25, 0.3) is 0 Å². The summed E-state index contributed by atoms with van der Waals surface area (Å²) in [6.07, 6.45) is 6.87. The molecule has 0 radical (unpaired) electrons. The molecule has 33 heavy (non-hydrogen) atoms. The van der Waals surface area contributed by atoms with Gasteiger partial charge in [-0.3, -0.25) is 4.79 Å². The number of fused-ring (bicyclic) bond motifs is 1. The Hall–Kier alpha value is -1.64. The van der Waals surface area contributed by atoms with Gasteiger partial charge in [-0.2, -0.15) is 8.42 Å².